The molecule has 0 aliphatic carbocycles. The zero-order valence-corrected chi connectivity index (χ0v) is 9.79. The van der Waals surface area contributed by atoms with Crippen LogP contribution in [0.4, 0.5) is 0 Å². The first-order valence-electron chi connectivity index (χ1n) is 5.31. The van der Waals surface area contributed by atoms with Crippen LogP contribution < -0.4 is 5.32 Å². The van der Waals surface area contributed by atoms with Crippen molar-refractivity contribution in [3.8, 4) is 0 Å². The molecule has 1 aromatic rings. The molecule has 0 aromatic carbocycles. The van der Waals surface area contributed by atoms with E-state index in [2.05, 4.69) is 37.1 Å². The summed E-state index contributed by atoms with van der Waals surface area (Å²) in [6.45, 7) is 8.65. The Bertz CT molecular complexity index is 267. The Morgan fingerprint density at radius 1 is 1.40 bits per heavy atom. The molecule has 0 unspecified atom stereocenters. The van der Waals surface area contributed by atoms with Crippen LogP contribution in [0.15, 0.2) is 24.5 Å². The molecule has 0 aliphatic rings. The molecule has 0 atom stereocenters. The van der Waals surface area contributed by atoms with Crippen LogP contribution in [0.5, 0.6) is 0 Å². The fourth-order valence-electron chi connectivity index (χ4n) is 1.16. The first-order valence-corrected chi connectivity index (χ1v) is 5.31. The predicted octanol–water partition coefficient (Wildman–Crippen LogP) is 1.99. The van der Waals surface area contributed by atoms with Gasteiger partial charge in [0.15, 0.2) is 0 Å². The summed E-state index contributed by atoms with van der Waals surface area (Å²) in [7, 11) is 0. The normalized spacial score (nSPS) is 11.7. The molecule has 3 nitrogen and oxygen atoms in total. The number of hydrogen-bond acceptors (Lipinski definition) is 3. The number of rotatable bonds is 5. The van der Waals surface area contributed by atoms with Crippen molar-refractivity contribution in [3.05, 3.63) is 30.1 Å². The molecule has 0 saturated carbocycles. The zero-order chi connectivity index (χ0) is 11.1. The van der Waals surface area contributed by atoms with E-state index >= 15 is 0 Å². The first kappa shape index (κ1) is 12.1. The Kier molecular flexibility index (Phi) is 4.72. The fraction of sp³-hybridized carbons (Fsp3) is 0.583. The zero-order valence-electron chi connectivity index (χ0n) is 9.79. The highest BCUT2D eigenvalue weighted by Crippen LogP contribution is 2.05. The number of nitrogens with zero attached hydrogens (tertiary/aromatic N) is 1. The van der Waals surface area contributed by atoms with Crippen LogP contribution in [0, 0.1) is 0 Å². The minimum Gasteiger partial charge on any atom is -0.375 e. The Balaban J connectivity index is 2.08. The van der Waals surface area contributed by atoms with Gasteiger partial charge in [-0.2, -0.15) is 0 Å². The van der Waals surface area contributed by atoms with E-state index in [-0.39, 0.29) is 5.60 Å². The van der Waals surface area contributed by atoms with E-state index in [1.165, 1.54) is 5.56 Å². The maximum atomic E-state index is 5.59. The van der Waals surface area contributed by atoms with Gasteiger partial charge in [0, 0.05) is 25.5 Å². The van der Waals surface area contributed by atoms with Crippen molar-refractivity contribution in [2.24, 2.45) is 0 Å². The highest BCUT2D eigenvalue weighted by atomic mass is 16.5. The Hall–Kier alpha value is -0.930. The summed E-state index contributed by atoms with van der Waals surface area (Å²) < 4.78 is 5.59. The SMILES string of the molecule is CC(C)(C)OCCNCc1cccnc1. The van der Waals surface area contributed by atoms with Crippen molar-refractivity contribution < 1.29 is 4.74 Å². The molecular weight excluding hydrogens is 188 g/mol. The molecule has 0 radical (unpaired) electrons. The molecule has 84 valence electrons. The summed E-state index contributed by atoms with van der Waals surface area (Å²) in [5.74, 6) is 0. The standard InChI is InChI=1S/C12H20N2O/c1-12(2,3)15-8-7-14-10-11-5-4-6-13-9-11/h4-6,9,14H,7-8,10H2,1-3H3. The van der Waals surface area contributed by atoms with Crippen molar-refractivity contribution in [3.63, 3.8) is 0 Å². The van der Waals surface area contributed by atoms with Crippen LogP contribution >= 0.6 is 0 Å². The number of aromatic nitrogens is 1. The number of pyridine rings is 1. The third-order valence-corrected chi connectivity index (χ3v) is 1.87. The summed E-state index contributed by atoms with van der Waals surface area (Å²) in [4.78, 5) is 4.05. The fourth-order valence-corrected chi connectivity index (χ4v) is 1.16. The lowest BCUT2D eigenvalue weighted by Gasteiger charge is -2.19. The second-order valence-electron chi connectivity index (χ2n) is 4.50. The van der Waals surface area contributed by atoms with E-state index in [0.29, 0.717) is 0 Å². The third-order valence-electron chi connectivity index (χ3n) is 1.87. The Morgan fingerprint density at radius 2 is 2.20 bits per heavy atom. The van der Waals surface area contributed by atoms with Crippen LogP contribution in [-0.4, -0.2) is 23.7 Å². The van der Waals surface area contributed by atoms with Crippen molar-refractivity contribution in [1.29, 1.82) is 0 Å². The average Bonchev–Trinajstić information content (AvgIpc) is 2.17. The van der Waals surface area contributed by atoms with Gasteiger partial charge < -0.3 is 10.1 Å². The van der Waals surface area contributed by atoms with E-state index in [1.807, 2.05) is 12.3 Å². The molecule has 0 aliphatic heterocycles. The molecule has 15 heavy (non-hydrogen) atoms. The molecule has 0 spiro atoms. The summed E-state index contributed by atoms with van der Waals surface area (Å²) in [6, 6.07) is 4.01. The van der Waals surface area contributed by atoms with Gasteiger partial charge in [-0.25, -0.2) is 0 Å². The molecule has 3 heteroatoms. The van der Waals surface area contributed by atoms with Gasteiger partial charge in [-0.3, -0.25) is 4.98 Å². The lowest BCUT2D eigenvalue weighted by Crippen LogP contribution is -2.26. The second kappa shape index (κ2) is 5.83. The van der Waals surface area contributed by atoms with Crippen LogP contribution in [0.1, 0.15) is 26.3 Å². The molecule has 1 rings (SSSR count). The second-order valence-corrected chi connectivity index (χ2v) is 4.50. The molecule has 0 amide bonds. The first-order chi connectivity index (χ1) is 7.08. The van der Waals surface area contributed by atoms with Gasteiger partial charge in [0.1, 0.15) is 0 Å². The molecule has 1 N–H and O–H groups in total. The molecule has 1 aromatic heterocycles. The van der Waals surface area contributed by atoms with Gasteiger partial charge in [-0.1, -0.05) is 6.07 Å². The van der Waals surface area contributed by atoms with Crippen LogP contribution in [0.25, 0.3) is 0 Å². The minimum atomic E-state index is -0.0457. The van der Waals surface area contributed by atoms with Crippen molar-refractivity contribution >= 4 is 0 Å². The van der Waals surface area contributed by atoms with Crippen molar-refractivity contribution in [1.82, 2.24) is 10.3 Å². The lowest BCUT2D eigenvalue weighted by molar-refractivity contribution is -0.000886. The molecular formula is C12H20N2O. The average molecular weight is 208 g/mol. The predicted molar refractivity (Wildman–Crippen MR) is 61.6 cm³/mol. The number of ether oxygens (including phenoxy) is 1. The maximum Gasteiger partial charge on any atom is 0.0599 e. The Morgan fingerprint density at radius 3 is 2.80 bits per heavy atom. The third kappa shape index (κ3) is 6.20. The molecule has 0 bridgehead atoms. The smallest absolute Gasteiger partial charge is 0.0599 e. The highest BCUT2D eigenvalue weighted by Gasteiger charge is 2.08. The highest BCUT2D eigenvalue weighted by molar-refractivity contribution is 5.07. The summed E-state index contributed by atoms with van der Waals surface area (Å²) in [5.41, 5.74) is 1.16. The number of nitrogens with one attached hydrogen (secondary N) is 1. The number of hydrogen-bond donors (Lipinski definition) is 1. The minimum absolute atomic E-state index is 0.0457. The van der Waals surface area contributed by atoms with E-state index in [4.69, 9.17) is 4.74 Å². The molecule has 0 fully saturated rings. The molecule has 1 heterocycles. The summed E-state index contributed by atoms with van der Waals surface area (Å²) in [6.07, 6.45) is 3.66. The van der Waals surface area contributed by atoms with Gasteiger partial charge >= 0.3 is 0 Å². The van der Waals surface area contributed by atoms with E-state index in [1.54, 1.807) is 6.20 Å². The summed E-state index contributed by atoms with van der Waals surface area (Å²) >= 11 is 0. The van der Waals surface area contributed by atoms with Crippen LogP contribution in [0.3, 0.4) is 0 Å². The summed E-state index contributed by atoms with van der Waals surface area (Å²) in [5, 5.41) is 3.31. The largest absolute Gasteiger partial charge is 0.375 e. The lowest BCUT2D eigenvalue weighted by atomic mass is 10.2. The van der Waals surface area contributed by atoms with Crippen molar-refractivity contribution in [2.75, 3.05) is 13.2 Å². The Labute approximate surface area is 91.9 Å². The van der Waals surface area contributed by atoms with Gasteiger partial charge in [0.2, 0.25) is 0 Å². The van der Waals surface area contributed by atoms with Crippen molar-refractivity contribution in [2.45, 2.75) is 32.9 Å². The molecule has 0 saturated heterocycles. The topological polar surface area (TPSA) is 34.1 Å². The van der Waals surface area contributed by atoms with E-state index in [9.17, 15) is 0 Å². The van der Waals surface area contributed by atoms with Gasteiger partial charge in [-0.05, 0) is 32.4 Å². The van der Waals surface area contributed by atoms with E-state index < -0.39 is 0 Å². The quantitative estimate of drug-likeness (QED) is 0.751. The van der Waals surface area contributed by atoms with Gasteiger partial charge in [0.05, 0.1) is 12.2 Å². The van der Waals surface area contributed by atoms with Gasteiger partial charge in [0.25, 0.3) is 0 Å². The maximum absolute atomic E-state index is 5.59. The van der Waals surface area contributed by atoms with Gasteiger partial charge in [-0.15, -0.1) is 0 Å². The monoisotopic (exact) mass is 208 g/mol. The van der Waals surface area contributed by atoms with Crippen LogP contribution in [-0.2, 0) is 11.3 Å². The van der Waals surface area contributed by atoms with Crippen LogP contribution in [0.2, 0.25) is 0 Å². The van der Waals surface area contributed by atoms with E-state index in [0.717, 1.165) is 19.7 Å².